The highest BCUT2D eigenvalue weighted by Crippen LogP contribution is 2.24. The Hall–Kier alpha value is -3.58. The molecule has 0 bridgehead atoms. The number of likely N-dealkylation sites (tertiary alicyclic amines) is 1. The number of rotatable bonds is 8. The molecule has 0 aliphatic carbocycles. The zero-order chi connectivity index (χ0) is 24.0. The summed E-state index contributed by atoms with van der Waals surface area (Å²) < 4.78 is 15.6. The number of hydrogen-bond donors (Lipinski definition) is 1. The van der Waals surface area contributed by atoms with E-state index in [2.05, 4.69) is 19.8 Å². The smallest absolute Gasteiger partial charge is 0.251 e. The zero-order valence-corrected chi connectivity index (χ0v) is 19.7. The van der Waals surface area contributed by atoms with E-state index in [0.717, 1.165) is 61.4 Å². The minimum Gasteiger partial charge on any atom is -0.351 e. The number of nitrogens with one attached hydrogen (secondary N) is 1. The van der Waals surface area contributed by atoms with E-state index in [1.54, 1.807) is 6.20 Å². The summed E-state index contributed by atoms with van der Waals surface area (Å²) in [5.74, 6) is 1.34. The molecule has 5 rings (SSSR count). The van der Waals surface area contributed by atoms with Crippen LogP contribution < -0.4 is 5.32 Å². The third-order valence-electron chi connectivity index (χ3n) is 6.76. The number of aromatic nitrogens is 3. The maximum Gasteiger partial charge on any atom is 0.251 e. The van der Waals surface area contributed by atoms with E-state index >= 15 is 0 Å². The van der Waals surface area contributed by atoms with E-state index in [1.165, 1.54) is 12.1 Å². The largest absolute Gasteiger partial charge is 0.351 e. The quantitative estimate of drug-likeness (QED) is 0.416. The molecule has 1 aliphatic rings. The SMILES string of the molecule is O=C(NCCN1CCC(Cc2nc3cccnc3n2Cc2ccc(F)cc2)CC1)c1ccccc1. The van der Waals surface area contributed by atoms with Crippen LogP contribution in [-0.2, 0) is 13.0 Å². The molecule has 1 aliphatic heterocycles. The zero-order valence-electron chi connectivity index (χ0n) is 19.7. The molecule has 6 nitrogen and oxygen atoms in total. The van der Waals surface area contributed by atoms with Crippen molar-refractivity contribution in [2.75, 3.05) is 26.2 Å². The van der Waals surface area contributed by atoms with Crippen LogP contribution in [0, 0.1) is 11.7 Å². The van der Waals surface area contributed by atoms with E-state index in [4.69, 9.17) is 4.98 Å². The van der Waals surface area contributed by atoms with Crippen LogP contribution in [0.2, 0.25) is 0 Å². The summed E-state index contributed by atoms with van der Waals surface area (Å²) in [6.07, 6.45) is 4.89. The van der Waals surface area contributed by atoms with Crippen molar-refractivity contribution in [1.29, 1.82) is 0 Å². The van der Waals surface area contributed by atoms with Crippen LogP contribution >= 0.6 is 0 Å². The second-order valence-corrected chi connectivity index (χ2v) is 9.20. The van der Waals surface area contributed by atoms with E-state index in [0.29, 0.717) is 24.6 Å². The fraction of sp³-hybridized carbons (Fsp3) is 0.321. The number of fused-ring (bicyclic) bond motifs is 1. The van der Waals surface area contributed by atoms with Crippen molar-refractivity contribution >= 4 is 17.1 Å². The number of nitrogens with zero attached hydrogens (tertiary/aromatic N) is 4. The highest BCUT2D eigenvalue weighted by Gasteiger charge is 2.22. The van der Waals surface area contributed by atoms with Gasteiger partial charge in [0.25, 0.3) is 5.91 Å². The van der Waals surface area contributed by atoms with Gasteiger partial charge in [0.2, 0.25) is 0 Å². The lowest BCUT2D eigenvalue weighted by Gasteiger charge is -2.31. The molecule has 0 spiro atoms. The molecule has 1 saturated heterocycles. The Morgan fingerprint density at radius 1 is 1.00 bits per heavy atom. The van der Waals surface area contributed by atoms with Crippen LogP contribution in [0.15, 0.2) is 72.9 Å². The van der Waals surface area contributed by atoms with Crippen LogP contribution in [0.4, 0.5) is 4.39 Å². The summed E-state index contributed by atoms with van der Waals surface area (Å²) in [7, 11) is 0. The van der Waals surface area contributed by atoms with Gasteiger partial charge in [-0.1, -0.05) is 30.3 Å². The van der Waals surface area contributed by atoms with Gasteiger partial charge in [0.1, 0.15) is 17.2 Å². The summed E-state index contributed by atoms with van der Waals surface area (Å²) in [5.41, 5.74) is 3.50. The molecule has 1 fully saturated rings. The van der Waals surface area contributed by atoms with Gasteiger partial charge in [0.05, 0.1) is 6.54 Å². The molecule has 3 heterocycles. The van der Waals surface area contributed by atoms with E-state index in [1.807, 2.05) is 54.6 Å². The van der Waals surface area contributed by atoms with Gasteiger partial charge < -0.3 is 14.8 Å². The first kappa shape index (κ1) is 23.2. The first-order chi connectivity index (χ1) is 17.2. The van der Waals surface area contributed by atoms with Gasteiger partial charge >= 0.3 is 0 Å². The monoisotopic (exact) mass is 471 g/mol. The Bertz CT molecular complexity index is 1260. The Morgan fingerprint density at radius 3 is 2.54 bits per heavy atom. The number of amides is 1. The molecule has 0 radical (unpaired) electrons. The van der Waals surface area contributed by atoms with Gasteiger partial charge in [-0.3, -0.25) is 4.79 Å². The molecule has 2 aromatic carbocycles. The highest BCUT2D eigenvalue weighted by molar-refractivity contribution is 5.94. The highest BCUT2D eigenvalue weighted by atomic mass is 19.1. The molecule has 7 heteroatoms. The number of benzene rings is 2. The first-order valence-electron chi connectivity index (χ1n) is 12.3. The molecule has 1 N–H and O–H groups in total. The Balaban J connectivity index is 1.17. The van der Waals surface area contributed by atoms with Crippen molar-refractivity contribution in [1.82, 2.24) is 24.8 Å². The number of carbonyl (C=O) groups is 1. The summed E-state index contributed by atoms with van der Waals surface area (Å²) in [6.45, 7) is 4.17. The molecule has 0 unspecified atom stereocenters. The maximum atomic E-state index is 13.4. The fourth-order valence-electron chi connectivity index (χ4n) is 4.79. The van der Waals surface area contributed by atoms with Crippen molar-refractivity contribution in [2.24, 2.45) is 5.92 Å². The van der Waals surface area contributed by atoms with E-state index < -0.39 is 0 Å². The molecule has 2 aromatic heterocycles. The van der Waals surface area contributed by atoms with Crippen LogP contribution in [0.25, 0.3) is 11.2 Å². The molecular formula is C28H30FN5O. The summed E-state index contributed by atoms with van der Waals surface area (Å²) >= 11 is 0. The average Bonchev–Trinajstić information content (AvgIpc) is 3.23. The standard InChI is InChI=1S/C28H30FN5O/c29-24-10-8-22(9-11-24)20-34-26(32-25-7-4-14-30-27(25)34)19-21-12-16-33(17-13-21)18-15-31-28(35)23-5-2-1-3-6-23/h1-11,14,21H,12-13,15-20H2,(H,31,35). The average molecular weight is 472 g/mol. The van der Waals surface area contributed by atoms with E-state index in [-0.39, 0.29) is 11.7 Å². The minimum absolute atomic E-state index is 0.0193. The fourth-order valence-corrected chi connectivity index (χ4v) is 4.79. The molecule has 4 aromatic rings. The summed E-state index contributed by atoms with van der Waals surface area (Å²) in [5, 5.41) is 3.02. The topological polar surface area (TPSA) is 63.1 Å². The summed E-state index contributed by atoms with van der Waals surface area (Å²) in [4.78, 5) is 24.1. The van der Waals surface area contributed by atoms with Crippen molar-refractivity contribution in [3.8, 4) is 0 Å². The predicted molar refractivity (Wildman–Crippen MR) is 135 cm³/mol. The lowest BCUT2D eigenvalue weighted by molar-refractivity contribution is 0.0944. The van der Waals surface area contributed by atoms with Crippen molar-refractivity contribution in [3.05, 3.63) is 95.7 Å². The van der Waals surface area contributed by atoms with Crippen molar-refractivity contribution in [2.45, 2.75) is 25.8 Å². The number of piperidine rings is 1. The lowest BCUT2D eigenvalue weighted by Crippen LogP contribution is -2.40. The molecule has 1 amide bonds. The number of imidazole rings is 1. The van der Waals surface area contributed by atoms with Crippen LogP contribution in [0.5, 0.6) is 0 Å². The minimum atomic E-state index is -0.228. The van der Waals surface area contributed by atoms with Gasteiger partial charge in [-0.15, -0.1) is 0 Å². The molecule has 180 valence electrons. The number of pyridine rings is 1. The molecule has 0 atom stereocenters. The molecule has 0 saturated carbocycles. The molecule has 35 heavy (non-hydrogen) atoms. The van der Waals surface area contributed by atoms with Gasteiger partial charge in [-0.05, 0) is 73.8 Å². The first-order valence-corrected chi connectivity index (χ1v) is 12.3. The number of hydrogen-bond acceptors (Lipinski definition) is 4. The van der Waals surface area contributed by atoms with Crippen LogP contribution in [0.1, 0.15) is 34.6 Å². The van der Waals surface area contributed by atoms with Crippen molar-refractivity contribution < 1.29 is 9.18 Å². The molecular weight excluding hydrogens is 441 g/mol. The van der Waals surface area contributed by atoms with Crippen LogP contribution in [-0.4, -0.2) is 51.5 Å². The Labute approximate surface area is 204 Å². The van der Waals surface area contributed by atoms with Gasteiger partial charge in [-0.2, -0.15) is 0 Å². The van der Waals surface area contributed by atoms with Gasteiger partial charge in [-0.25, -0.2) is 14.4 Å². The third-order valence-corrected chi connectivity index (χ3v) is 6.76. The Kier molecular flexibility index (Phi) is 7.14. The predicted octanol–water partition coefficient (Wildman–Crippen LogP) is 4.30. The third kappa shape index (κ3) is 5.74. The lowest BCUT2D eigenvalue weighted by atomic mass is 9.93. The van der Waals surface area contributed by atoms with Crippen LogP contribution in [0.3, 0.4) is 0 Å². The van der Waals surface area contributed by atoms with Gasteiger partial charge in [0.15, 0.2) is 5.65 Å². The second-order valence-electron chi connectivity index (χ2n) is 9.20. The number of halogens is 1. The summed E-state index contributed by atoms with van der Waals surface area (Å²) in [6, 6.07) is 19.9. The van der Waals surface area contributed by atoms with E-state index in [9.17, 15) is 9.18 Å². The van der Waals surface area contributed by atoms with Gasteiger partial charge in [0, 0.05) is 31.3 Å². The number of carbonyl (C=O) groups excluding carboxylic acids is 1. The normalized spacial score (nSPS) is 14.9. The maximum absolute atomic E-state index is 13.4. The van der Waals surface area contributed by atoms with Crippen molar-refractivity contribution in [3.63, 3.8) is 0 Å². The Morgan fingerprint density at radius 2 is 1.77 bits per heavy atom. The second kappa shape index (κ2) is 10.8.